The van der Waals surface area contributed by atoms with E-state index >= 15 is 0 Å². The zero-order chi connectivity index (χ0) is 36.6. The molecule has 0 amide bonds. The van der Waals surface area contributed by atoms with Gasteiger partial charge in [0, 0.05) is 22.1 Å². The molecule has 0 saturated heterocycles. The zero-order valence-corrected chi connectivity index (χ0v) is 31.0. The quantitative estimate of drug-likeness (QED) is 0.166. The Labute approximate surface area is 318 Å². The standard InChI is InChI=1S/C50H44N4/c1-3-34-28-35-27-33(2)29-50(30-34,31-35)40-23-21-37(22-24-40)41-18-10-11-19-44(41)48-52-47(38-15-8-5-9-16-38)53-49(54-48)45-26-25-42(36-13-6-4-7-14-36)46-39(32-51)17-12-20-43(45)46/h4-26,33-35H,3,27-31H2,1-2H3/t33-,34+,35-,50?/m1/s1. The third-order valence-corrected chi connectivity index (χ3v) is 12.2. The highest BCUT2D eigenvalue weighted by Crippen LogP contribution is 2.55. The second kappa shape index (κ2) is 14.1. The summed E-state index contributed by atoms with van der Waals surface area (Å²) in [6.07, 6.45) is 8.00. The van der Waals surface area contributed by atoms with Gasteiger partial charge in [-0.2, -0.15) is 5.26 Å². The molecule has 4 atom stereocenters. The Morgan fingerprint density at radius 1 is 0.574 bits per heavy atom. The van der Waals surface area contributed by atoms with Gasteiger partial charge in [-0.15, -0.1) is 0 Å². The van der Waals surface area contributed by atoms with Crippen molar-refractivity contribution < 1.29 is 0 Å². The Kier molecular flexibility index (Phi) is 8.87. The fourth-order valence-corrected chi connectivity index (χ4v) is 9.98. The summed E-state index contributed by atoms with van der Waals surface area (Å²) in [5, 5.41) is 12.1. The van der Waals surface area contributed by atoms with E-state index in [1.807, 2.05) is 60.7 Å². The van der Waals surface area contributed by atoms with Gasteiger partial charge in [0.15, 0.2) is 17.5 Å². The first-order chi connectivity index (χ1) is 26.5. The summed E-state index contributed by atoms with van der Waals surface area (Å²) in [5.74, 6) is 4.26. The molecule has 54 heavy (non-hydrogen) atoms. The van der Waals surface area contributed by atoms with Crippen LogP contribution in [0.1, 0.15) is 63.5 Å². The van der Waals surface area contributed by atoms with Crippen LogP contribution in [0.4, 0.5) is 0 Å². The molecule has 0 aliphatic heterocycles. The van der Waals surface area contributed by atoms with Crippen LogP contribution in [0, 0.1) is 29.1 Å². The summed E-state index contributed by atoms with van der Waals surface area (Å²) < 4.78 is 0. The Hall–Kier alpha value is -5.92. The van der Waals surface area contributed by atoms with Crippen molar-refractivity contribution in [3.05, 3.63) is 151 Å². The fourth-order valence-electron chi connectivity index (χ4n) is 9.98. The molecule has 264 valence electrons. The molecular formula is C50H44N4. The summed E-state index contributed by atoms with van der Waals surface area (Å²) in [4.78, 5) is 15.5. The van der Waals surface area contributed by atoms with Crippen LogP contribution in [0.5, 0.6) is 0 Å². The van der Waals surface area contributed by atoms with Crippen molar-refractivity contribution in [2.45, 2.75) is 57.8 Å². The molecule has 0 N–H and O–H groups in total. The lowest BCUT2D eigenvalue weighted by Gasteiger charge is -2.51. The number of hydrogen-bond acceptors (Lipinski definition) is 4. The summed E-state index contributed by atoms with van der Waals surface area (Å²) in [5.41, 5.74) is 9.49. The summed E-state index contributed by atoms with van der Waals surface area (Å²) in [6, 6.07) is 50.9. The predicted molar refractivity (Wildman–Crippen MR) is 220 cm³/mol. The summed E-state index contributed by atoms with van der Waals surface area (Å²) in [7, 11) is 0. The Morgan fingerprint density at radius 2 is 1.20 bits per heavy atom. The van der Waals surface area contributed by atoms with Crippen LogP contribution in [0.2, 0.25) is 0 Å². The molecule has 0 spiro atoms. The van der Waals surface area contributed by atoms with Crippen molar-refractivity contribution in [1.82, 2.24) is 15.0 Å². The van der Waals surface area contributed by atoms with Crippen LogP contribution < -0.4 is 0 Å². The van der Waals surface area contributed by atoms with E-state index in [1.54, 1.807) is 0 Å². The molecule has 2 saturated carbocycles. The first kappa shape index (κ1) is 33.9. The van der Waals surface area contributed by atoms with E-state index < -0.39 is 0 Å². The Morgan fingerprint density at radius 3 is 1.93 bits per heavy atom. The number of aromatic nitrogens is 3. The number of fused-ring (bicyclic) bond motifs is 3. The van der Waals surface area contributed by atoms with Gasteiger partial charge in [-0.05, 0) is 101 Å². The van der Waals surface area contributed by atoms with E-state index in [4.69, 9.17) is 15.0 Å². The van der Waals surface area contributed by atoms with Crippen LogP contribution in [0.25, 0.3) is 67.2 Å². The molecule has 2 aliphatic rings. The van der Waals surface area contributed by atoms with Crippen molar-refractivity contribution in [2.24, 2.45) is 17.8 Å². The molecule has 2 aliphatic carbocycles. The maximum absolute atomic E-state index is 10.3. The first-order valence-corrected chi connectivity index (χ1v) is 19.6. The highest BCUT2D eigenvalue weighted by atomic mass is 15.0. The van der Waals surface area contributed by atoms with E-state index in [0.717, 1.165) is 67.5 Å². The van der Waals surface area contributed by atoms with Crippen LogP contribution >= 0.6 is 0 Å². The number of benzene rings is 6. The molecule has 9 rings (SSSR count). The monoisotopic (exact) mass is 700 g/mol. The lowest BCUT2D eigenvalue weighted by atomic mass is 9.54. The van der Waals surface area contributed by atoms with Crippen molar-refractivity contribution in [3.63, 3.8) is 0 Å². The largest absolute Gasteiger partial charge is 0.208 e. The van der Waals surface area contributed by atoms with Gasteiger partial charge < -0.3 is 0 Å². The lowest BCUT2D eigenvalue weighted by molar-refractivity contribution is 0.0702. The molecule has 2 fully saturated rings. The molecule has 1 aromatic heterocycles. The average Bonchev–Trinajstić information content (AvgIpc) is 3.23. The van der Waals surface area contributed by atoms with Gasteiger partial charge in [0.05, 0.1) is 11.6 Å². The minimum absolute atomic E-state index is 0.289. The van der Waals surface area contributed by atoms with Gasteiger partial charge in [-0.25, -0.2) is 15.0 Å². The number of nitriles is 1. The molecule has 6 aromatic carbocycles. The number of rotatable bonds is 7. The topological polar surface area (TPSA) is 62.5 Å². The zero-order valence-electron chi connectivity index (χ0n) is 31.0. The van der Waals surface area contributed by atoms with Crippen LogP contribution in [0.15, 0.2) is 140 Å². The molecule has 2 bridgehead atoms. The second-order valence-corrected chi connectivity index (χ2v) is 15.8. The van der Waals surface area contributed by atoms with Crippen molar-refractivity contribution in [3.8, 4) is 62.5 Å². The third kappa shape index (κ3) is 6.18. The summed E-state index contributed by atoms with van der Waals surface area (Å²) >= 11 is 0. The van der Waals surface area contributed by atoms with E-state index in [1.165, 1.54) is 44.1 Å². The average molecular weight is 701 g/mol. The molecule has 0 radical (unpaired) electrons. The second-order valence-electron chi connectivity index (χ2n) is 15.8. The van der Waals surface area contributed by atoms with Gasteiger partial charge in [0.1, 0.15) is 0 Å². The van der Waals surface area contributed by atoms with Crippen molar-refractivity contribution >= 4 is 10.8 Å². The third-order valence-electron chi connectivity index (χ3n) is 12.2. The van der Waals surface area contributed by atoms with Crippen molar-refractivity contribution in [2.75, 3.05) is 0 Å². The maximum Gasteiger partial charge on any atom is 0.164 e. The minimum Gasteiger partial charge on any atom is -0.208 e. The van der Waals surface area contributed by atoms with Crippen LogP contribution in [0.3, 0.4) is 0 Å². The molecule has 7 aromatic rings. The normalized spacial score (nSPS) is 20.7. The Balaban J connectivity index is 1.18. The van der Waals surface area contributed by atoms with Gasteiger partial charge in [-0.1, -0.05) is 148 Å². The Bertz CT molecular complexity index is 2500. The molecular weight excluding hydrogens is 657 g/mol. The molecule has 1 heterocycles. The van der Waals surface area contributed by atoms with E-state index in [0.29, 0.717) is 23.0 Å². The molecule has 4 nitrogen and oxygen atoms in total. The number of nitrogens with zero attached hydrogens (tertiary/aromatic N) is 4. The SMILES string of the molecule is CC[C@H]1C[C@H]2C[C@@H](C)CC(c3ccc(-c4ccccc4-c4nc(-c5ccccc5)nc(-c5ccc(-c6ccccc6)c6c(C#N)cccc56)n4)cc3)(C2)C1. The van der Waals surface area contributed by atoms with Gasteiger partial charge in [-0.3, -0.25) is 0 Å². The fraction of sp³-hybridized carbons (Fsp3) is 0.240. The minimum atomic E-state index is 0.289. The van der Waals surface area contributed by atoms with Gasteiger partial charge in [0.2, 0.25) is 0 Å². The van der Waals surface area contributed by atoms with E-state index in [-0.39, 0.29) is 5.41 Å². The summed E-state index contributed by atoms with van der Waals surface area (Å²) in [6.45, 7) is 4.85. The van der Waals surface area contributed by atoms with E-state index in [2.05, 4.69) is 98.8 Å². The van der Waals surface area contributed by atoms with Gasteiger partial charge >= 0.3 is 0 Å². The van der Waals surface area contributed by atoms with Crippen molar-refractivity contribution in [1.29, 1.82) is 5.26 Å². The van der Waals surface area contributed by atoms with Crippen LogP contribution in [-0.4, -0.2) is 15.0 Å². The maximum atomic E-state index is 10.3. The first-order valence-electron chi connectivity index (χ1n) is 19.6. The predicted octanol–water partition coefficient (Wildman–Crippen LogP) is 12.7. The number of hydrogen-bond donors (Lipinski definition) is 0. The van der Waals surface area contributed by atoms with Gasteiger partial charge in [0.25, 0.3) is 0 Å². The smallest absolute Gasteiger partial charge is 0.164 e. The molecule has 4 heteroatoms. The van der Waals surface area contributed by atoms with E-state index in [9.17, 15) is 5.26 Å². The highest BCUT2D eigenvalue weighted by molar-refractivity contribution is 6.07. The molecule has 1 unspecified atom stereocenters. The lowest BCUT2D eigenvalue weighted by Crippen LogP contribution is -2.42. The van der Waals surface area contributed by atoms with Crippen LogP contribution in [-0.2, 0) is 5.41 Å². The highest BCUT2D eigenvalue weighted by Gasteiger charge is 2.45.